The molecule has 2 aliphatic heterocycles. The van der Waals surface area contributed by atoms with Crippen molar-refractivity contribution in [1.29, 1.82) is 0 Å². The van der Waals surface area contributed by atoms with E-state index in [2.05, 4.69) is 29.2 Å². The zero-order valence-corrected chi connectivity index (χ0v) is 20.0. The van der Waals surface area contributed by atoms with E-state index in [4.69, 9.17) is 0 Å². The van der Waals surface area contributed by atoms with E-state index in [0.717, 1.165) is 38.5 Å². The quantitative estimate of drug-likeness (QED) is 0.372. The largest absolute Gasteiger partial charge is 0.356 e. The SMILES string of the molecule is O=C1C2Cc3c([nH]c4ccccc34)C(c3cccc4ccccc34)N2C(=O)CN1Cc1ccccc1F. The molecule has 0 radical (unpaired) electrons. The summed E-state index contributed by atoms with van der Waals surface area (Å²) in [6.45, 7) is -0.0121. The summed E-state index contributed by atoms with van der Waals surface area (Å²) in [4.78, 5) is 34.6. The summed E-state index contributed by atoms with van der Waals surface area (Å²) in [6, 6.07) is 27.6. The van der Waals surface area contributed by atoms with Crippen LogP contribution in [-0.2, 0) is 22.6 Å². The summed E-state index contributed by atoms with van der Waals surface area (Å²) >= 11 is 0. The number of carbonyl (C=O) groups is 2. The molecule has 7 rings (SSSR count). The average Bonchev–Trinajstić information content (AvgIpc) is 3.30. The lowest BCUT2D eigenvalue weighted by Crippen LogP contribution is -2.62. The lowest BCUT2D eigenvalue weighted by atomic mass is 9.84. The van der Waals surface area contributed by atoms with Gasteiger partial charge in [0.15, 0.2) is 0 Å². The first-order valence-electron chi connectivity index (χ1n) is 12.5. The van der Waals surface area contributed by atoms with Crippen molar-refractivity contribution in [2.45, 2.75) is 25.0 Å². The highest BCUT2D eigenvalue weighted by Crippen LogP contribution is 2.44. The first-order valence-corrected chi connectivity index (χ1v) is 12.5. The molecule has 0 aliphatic carbocycles. The third-order valence-corrected chi connectivity index (χ3v) is 7.78. The number of amides is 2. The molecule has 3 heterocycles. The molecular weight excluding hydrogens is 465 g/mol. The summed E-state index contributed by atoms with van der Waals surface area (Å²) in [5, 5.41) is 3.19. The van der Waals surface area contributed by atoms with E-state index in [0.29, 0.717) is 12.0 Å². The minimum atomic E-state index is -0.663. The highest BCUT2D eigenvalue weighted by atomic mass is 19.1. The van der Waals surface area contributed by atoms with Crippen LogP contribution in [0.15, 0.2) is 91.0 Å². The fraction of sp³-hybridized carbons (Fsp3) is 0.161. The number of nitrogens with one attached hydrogen (secondary N) is 1. The van der Waals surface area contributed by atoms with Gasteiger partial charge >= 0.3 is 0 Å². The fourth-order valence-electron chi connectivity index (χ4n) is 6.10. The van der Waals surface area contributed by atoms with Gasteiger partial charge in [0.25, 0.3) is 0 Å². The van der Waals surface area contributed by atoms with E-state index in [1.807, 2.05) is 42.5 Å². The van der Waals surface area contributed by atoms with Gasteiger partial charge in [0.05, 0.1) is 6.04 Å². The second-order valence-corrected chi connectivity index (χ2v) is 9.84. The molecule has 4 aromatic carbocycles. The Morgan fingerprint density at radius 1 is 0.838 bits per heavy atom. The zero-order chi connectivity index (χ0) is 25.1. The van der Waals surface area contributed by atoms with E-state index in [-0.39, 0.29) is 30.7 Å². The fourth-order valence-corrected chi connectivity index (χ4v) is 6.10. The predicted molar refractivity (Wildman–Crippen MR) is 140 cm³/mol. The normalized spacial score (nSPS) is 19.4. The Hall–Kier alpha value is -4.45. The van der Waals surface area contributed by atoms with Crippen LogP contribution in [0.1, 0.15) is 28.4 Å². The molecule has 0 spiro atoms. The number of nitrogens with zero attached hydrogens (tertiary/aromatic N) is 2. The van der Waals surface area contributed by atoms with Gasteiger partial charge < -0.3 is 14.8 Å². The van der Waals surface area contributed by atoms with Gasteiger partial charge in [-0.3, -0.25) is 9.59 Å². The number of piperazine rings is 1. The Bertz CT molecular complexity index is 1700. The van der Waals surface area contributed by atoms with Crippen molar-refractivity contribution in [2.75, 3.05) is 6.54 Å². The lowest BCUT2D eigenvalue weighted by Gasteiger charge is -2.47. The van der Waals surface area contributed by atoms with Crippen molar-refractivity contribution in [2.24, 2.45) is 0 Å². The summed E-state index contributed by atoms with van der Waals surface area (Å²) < 4.78 is 14.4. The summed E-state index contributed by atoms with van der Waals surface area (Å²) in [7, 11) is 0. The number of H-pyrrole nitrogens is 1. The number of halogens is 1. The monoisotopic (exact) mass is 489 g/mol. The molecule has 2 unspecified atom stereocenters. The van der Waals surface area contributed by atoms with E-state index in [9.17, 15) is 14.0 Å². The maximum Gasteiger partial charge on any atom is 0.246 e. The van der Waals surface area contributed by atoms with Gasteiger partial charge in [0.1, 0.15) is 18.4 Å². The lowest BCUT2D eigenvalue weighted by molar-refractivity contribution is -0.159. The van der Waals surface area contributed by atoms with Crippen LogP contribution in [0.2, 0.25) is 0 Å². The van der Waals surface area contributed by atoms with Crippen molar-refractivity contribution in [1.82, 2.24) is 14.8 Å². The Morgan fingerprint density at radius 3 is 2.43 bits per heavy atom. The molecule has 2 amide bonds. The highest BCUT2D eigenvalue weighted by molar-refractivity contribution is 5.98. The van der Waals surface area contributed by atoms with Gasteiger partial charge in [0, 0.05) is 35.1 Å². The molecule has 0 bridgehead atoms. The molecule has 5 nitrogen and oxygen atoms in total. The van der Waals surface area contributed by atoms with Crippen LogP contribution < -0.4 is 0 Å². The third-order valence-electron chi connectivity index (χ3n) is 7.78. The molecule has 182 valence electrons. The van der Waals surface area contributed by atoms with E-state index in [1.165, 1.54) is 11.0 Å². The topological polar surface area (TPSA) is 56.4 Å². The predicted octanol–water partition coefficient (Wildman–Crippen LogP) is 5.35. The molecule has 1 fully saturated rings. The number of rotatable bonds is 3. The van der Waals surface area contributed by atoms with Gasteiger partial charge in [-0.05, 0) is 34.0 Å². The molecular formula is C31H24FN3O2. The molecule has 6 heteroatoms. The molecule has 5 aromatic rings. The van der Waals surface area contributed by atoms with E-state index < -0.39 is 12.1 Å². The Balaban J connectivity index is 1.39. The number of aromatic nitrogens is 1. The van der Waals surface area contributed by atoms with Gasteiger partial charge in [-0.25, -0.2) is 4.39 Å². The molecule has 37 heavy (non-hydrogen) atoms. The number of hydrogen-bond acceptors (Lipinski definition) is 2. The van der Waals surface area contributed by atoms with Crippen molar-refractivity contribution in [3.05, 3.63) is 119 Å². The molecule has 1 aromatic heterocycles. The van der Waals surface area contributed by atoms with Crippen LogP contribution in [0, 0.1) is 5.82 Å². The van der Waals surface area contributed by atoms with Crippen LogP contribution in [0.25, 0.3) is 21.7 Å². The summed E-state index contributed by atoms with van der Waals surface area (Å²) in [5.74, 6) is -0.659. The number of aromatic amines is 1. The number of para-hydroxylation sites is 1. The number of benzene rings is 4. The average molecular weight is 490 g/mol. The van der Waals surface area contributed by atoms with Gasteiger partial charge in [0.2, 0.25) is 11.8 Å². The number of fused-ring (bicyclic) bond motifs is 5. The zero-order valence-electron chi connectivity index (χ0n) is 20.0. The Labute approximate surface area is 213 Å². The van der Waals surface area contributed by atoms with Gasteiger partial charge in [-0.1, -0.05) is 78.9 Å². The van der Waals surface area contributed by atoms with E-state index >= 15 is 0 Å². The van der Waals surface area contributed by atoms with Crippen molar-refractivity contribution in [3.63, 3.8) is 0 Å². The minimum Gasteiger partial charge on any atom is -0.356 e. The maximum absolute atomic E-state index is 14.4. The van der Waals surface area contributed by atoms with Crippen molar-refractivity contribution < 1.29 is 14.0 Å². The minimum absolute atomic E-state index is 0.0707. The first kappa shape index (κ1) is 21.8. The third kappa shape index (κ3) is 3.36. The van der Waals surface area contributed by atoms with Crippen LogP contribution in [0.5, 0.6) is 0 Å². The molecule has 2 atom stereocenters. The number of carbonyl (C=O) groups excluding carboxylic acids is 2. The van der Waals surface area contributed by atoms with Crippen molar-refractivity contribution in [3.8, 4) is 0 Å². The second-order valence-electron chi connectivity index (χ2n) is 9.84. The highest BCUT2D eigenvalue weighted by Gasteiger charge is 2.48. The molecule has 0 saturated carbocycles. The van der Waals surface area contributed by atoms with Gasteiger partial charge in [-0.15, -0.1) is 0 Å². The van der Waals surface area contributed by atoms with Crippen molar-refractivity contribution >= 4 is 33.5 Å². The second kappa shape index (κ2) is 8.30. The summed E-state index contributed by atoms with van der Waals surface area (Å²) in [6.07, 6.45) is 0.416. The number of hydrogen-bond donors (Lipinski definition) is 1. The summed E-state index contributed by atoms with van der Waals surface area (Å²) in [5.41, 5.74) is 4.40. The molecule has 1 N–H and O–H groups in total. The van der Waals surface area contributed by atoms with Crippen LogP contribution >= 0.6 is 0 Å². The molecule has 2 aliphatic rings. The smallest absolute Gasteiger partial charge is 0.246 e. The standard InChI is InChI=1S/C31H24FN3O2/c32-25-14-5-2-9-20(25)17-34-18-28(36)35-27(31(34)37)16-24-22-12-4-6-15-26(22)33-29(24)30(35)23-13-7-10-19-8-1-3-11-21(19)23/h1-15,27,30,33H,16-18H2. The maximum atomic E-state index is 14.4. The van der Waals surface area contributed by atoms with E-state index in [1.54, 1.807) is 23.1 Å². The molecule has 1 saturated heterocycles. The first-order chi connectivity index (χ1) is 18.1. The van der Waals surface area contributed by atoms with Crippen LogP contribution in [0.3, 0.4) is 0 Å². The van der Waals surface area contributed by atoms with Crippen LogP contribution in [0.4, 0.5) is 4.39 Å². The van der Waals surface area contributed by atoms with Crippen LogP contribution in [-0.4, -0.2) is 39.2 Å². The van der Waals surface area contributed by atoms with Gasteiger partial charge in [-0.2, -0.15) is 0 Å². The Morgan fingerprint density at radius 2 is 1.57 bits per heavy atom. The Kier molecular flexibility index (Phi) is 4.89.